The summed E-state index contributed by atoms with van der Waals surface area (Å²) in [6, 6.07) is 6.49. The number of rotatable bonds is 4. The number of aliphatic imine (C=N–C) groups is 1. The van der Waals surface area contributed by atoms with Crippen LogP contribution in [0.15, 0.2) is 23.2 Å². The number of nitrogens with zero attached hydrogens (tertiary/aromatic N) is 3. The molecule has 1 saturated heterocycles. The number of benzene rings is 1. The zero-order valence-electron chi connectivity index (χ0n) is 17.7. The zero-order valence-corrected chi connectivity index (χ0v) is 17.7. The summed E-state index contributed by atoms with van der Waals surface area (Å²) in [4.78, 5) is 21.3. The van der Waals surface area contributed by atoms with Gasteiger partial charge in [-0.05, 0) is 58.7 Å². The summed E-state index contributed by atoms with van der Waals surface area (Å²) in [6.07, 6.45) is 0. The van der Waals surface area contributed by atoms with E-state index in [1.165, 1.54) is 16.8 Å². The molecule has 1 fully saturated rings. The van der Waals surface area contributed by atoms with Gasteiger partial charge < -0.3 is 20.4 Å². The number of carbonyl (C=O) groups is 1. The molecule has 1 heterocycles. The number of hydrogen-bond donors (Lipinski definition) is 2. The zero-order chi connectivity index (χ0) is 20.0. The molecule has 1 aromatic carbocycles. The molecule has 27 heavy (non-hydrogen) atoms. The Hall–Kier alpha value is -2.24. The van der Waals surface area contributed by atoms with E-state index >= 15 is 0 Å². The van der Waals surface area contributed by atoms with Crippen LogP contribution in [0.5, 0.6) is 0 Å². The predicted octanol–water partition coefficient (Wildman–Crippen LogP) is 2.31. The van der Waals surface area contributed by atoms with Crippen LogP contribution in [0.3, 0.4) is 0 Å². The molecule has 1 aliphatic rings. The van der Waals surface area contributed by atoms with E-state index in [4.69, 9.17) is 0 Å². The molecule has 150 valence electrons. The van der Waals surface area contributed by atoms with Crippen molar-refractivity contribution in [2.45, 2.75) is 47.1 Å². The van der Waals surface area contributed by atoms with E-state index < -0.39 is 0 Å². The van der Waals surface area contributed by atoms with Gasteiger partial charge in [-0.15, -0.1) is 0 Å². The lowest BCUT2D eigenvalue weighted by atomic mass is 10.1. The molecule has 0 atom stereocenters. The highest BCUT2D eigenvalue weighted by molar-refractivity contribution is 5.85. The molecule has 0 spiro atoms. The molecule has 1 amide bonds. The maximum atomic E-state index is 12.1. The highest BCUT2D eigenvalue weighted by Gasteiger charge is 2.21. The molecule has 0 aromatic heterocycles. The van der Waals surface area contributed by atoms with Crippen molar-refractivity contribution in [3.8, 4) is 0 Å². The number of nitrogens with one attached hydrogen (secondary N) is 2. The van der Waals surface area contributed by atoms with Crippen molar-refractivity contribution in [2.24, 2.45) is 4.99 Å². The summed E-state index contributed by atoms with van der Waals surface area (Å²) < 4.78 is 0. The Balaban J connectivity index is 1.99. The van der Waals surface area contributed by atoms with Crippen LogP contribution in [0.2, 0.25) is 0 Å². The third kappa shape index (κ3) is 6.15. The van der Waals surface area contributed by atoms with Gasteiger partial charge in [-0.25, -0.2) is 4.99 Å². The molecular formula is C21H35N5O. The van der Waals surface area contributed by atoms with E-state index in [1.807, 2.05) is 20.8 Å². The molecule has 1 aromatic rings. The molecule has 6 nitrogen and oxygen atoms in total. The second kappa shape index (κ2) is 9.11. The highest BCUT2D eigenvalue weighted by Crippen LogP contribution is 2.23. The Morgan fingerprint density at radius 3 is 2.41 bits per heavy atom. The van der Waals surface area contributed by atoms with Crippen molar-refractivity contribution in [2.75, 3.05) is 44.2 Å². The fourth-order valence-corrected chi connectivity index (χ4v) is 3.27. The maximum absolute atomic E-state index is 12.1. The molecule has 2 N–H and O–H groups in total. The van der Waals surface area contributed by atoms with Crippen LogP contribution in [-0.2, 0) is 4.79 Å². The topological polar surface area (TPSA) is 60.0 Å². The van der Waals surface area contributed by atoms with Crippen LogP contribution in [-0.4, -0.2) is 61.6 Å². The van der Waals surface area contributed by atoms with Crippen molar-refractivity contribution < 1.29 is 4.79 Å². The minimum absolute atomic E-state index is 0.0491. The number of amides is 1. The Morgan fingerprint density at radius 1 is 1.15 bits per heavy atom. The van der Waals surface area contributed by atoms with Gasteiger partial charge in [0, 0.05) is 44.0 Å². The van der Waals surface area contributed by atoms with Crippen molar-refractivity contribution in [3.63, 3.8) is 0 Å². The molecule has 0 aliphatic carbocycles. The highest BCUT2D eigenvalue weighted by atomic mass is 16.2. The third-order valence-electron chi connectivity index (χ3n) is 4.72. The lowest BCUT2D eigenvalue weighted by molar-refractivity contribution is -0.121. The van der Waals surface area contributed by atoms with Gasteiger partial charge in [0.2, 0.25) is 5.91 Å². The number of hydrogen-bond acceptors (Lipinski definition) is 3. The van der Waals surface area contributed by atoms with Crippen LogP contribution in [0, 0.1) is 13.8 Å². The second-order valence-electron chi connectivity index (χ2n) is 8.16. The van der Waals surface area contributed by atoms with Crippen LogP contribution >= 0.6 is 0 Å². The van der Waals surface area contributed by atoms with Gasteiger partial charge in [0.25, 0.3) is 0 Å². The largest absolute Gasteiger partial charge is 0.368 e. The molecule has 1 aliphatic heterocycles. The fraction of sp³-hybridized carbons (Fsp3) is 0.619. The van der Waals surface area contributed by atoms with Gasteiger partial charge in [0.1, 0.15) is 6.54 Å². The quantitative estimate of drug-likeness (QED) is 0.628. The van der Waals surface area contributed by atoms with Crippen molar-refractivity contribution in [1.29, 1.82) is 0 Å². The van der Waals surface area contributed by atoms with Gasteiger partial charge in [0.05, 0.1) is 0 Å². The molecule has 0 saturated carbocycles. The van der Waals surface area contributed by atoms with Crippen LogP contribution in [0.4, 0.5) is 5.69 Å². The number of guanidine groups is 1. The number of carbonyl (C=O) groups excluding carboxylic acids is 1. The lowest BCUT2D eigenvalue weighted by Gasteiger charge is -2.38. The van der Waals surface area contributed by atoms with E-state index in [-0.39, 0.29) is 18.0 Å². The normalized spacial score (nSPS) is 15.7. The molecule has 0 bridgehead atoms. The lowest BCUT2D eigenvalue weighted by Crippen LogP contribution is -2.53. The van der Waals surface area contributed by atoms with E-state index in [1.54, 1.807) is 0 Å². The summed E-state index contributed by atoms with van der Waals surface area (Å²) in [5.41, 5.74) is 3.77. The summed E-state index contributed by atoms with van der Waals surface area (Å²) in [7, 11) is 0. The van der Waals surface area contributed by atoms with Crippen molar-refractivity contribution in [1.82, 2.24) is 15.5 Å². The Morgan fingerprint density at radius 2 is 1.81 bits per heavy atom. The minimum atomic E-state index is -0.234. The minimum Gasteiger partial charge on any atom is -0.368 e. The number of piperazine rings is 1. The summed E-state index contributed by atoms with van der Waals surface area (Å²) in [5, 5.41) is 6.28. The first-order valence-electron chi connectivity index (χ1n) is 9.86. The monoisotopic (exact) mass is 373 g/mol. The molecule has 6 heteroatoms. The first-order chi connectivity index (χ1) is 12.7. The smallest absolute Gasteiger partial charge is 0.242 e. The molecule has 0 radical (unpaired) electrons. The van der Waals surface area contributed by atoms with Gasteiger partial charge >= 0.3 is 0 Å². The second-order valence-corrected chi connectivity index (χ2v) is 8.16. The number of aryl methyl sites for hydroxylation is 1. The summed E-state index contributed by atoms with van der Waals surface area (Å²) >= 11 is 0. The van der Waals surface area contributed by atoms with Crippen LogP contribution in [0.25, 0.3) is 0 Å². The Kier molecular flexibility index (Phi) is 7.11. The van der Waals surface area contributed by atoms with Crippen LogP contribution in [0.1, 0.15) is 38.8 Å². The molecule has 0 unspecified atom stereocenters. The Bertz CT molecular complexity index is 670. The van der Waals surface area contributed by atoms with Crippen molar-refractivity contribution >= 4 is 17.6 Å². The standard InChI is InChI=1S/C21H35N5O/c1-7-22-20(23-15-19(27)24-21(4,5)6)26-13-11-25(12-14-26)18-10-8-9-16(2)17(18)3/h8-10H,7,11-15H2,1-6H3,(H,22,23)(H,24,27). The van der Waals surface area contributed by atoms with E-state index in [2.05, 4.69) is 64.4 Å². The van der Waals surface area contributed by atoms with Gasteiger partial charge in [-0.3, -0.25) is 4.79 Å². The van der Waals surface area contributed by atoms with E-state index in [0.717, 1.165) is 38.7 Å². The third-order valence-corrected chi connectivity index (χ3v) is 4.72. The Labute approximate surface area is 164 Å². The molecular weight excluding hydrogens is 338 g/mol. The maximum Gasteiger partial charge on any atom is 0.242 e. The summed E-state index contributed by atoms with van der Waals surface area (Å²) in [5.74, 6) is 0.772. The van der Waals surface area contributed by atoms with Gasteiger partial charge in [0.15, 0.2) is 5.96 Å². The average Bonchev–Trinajstić information content (AvgIpc) is 2.60. The predicted molar refractivity (Wildman–Crippen MR) is 114 cm³/mol. The first kappa shape index (κ1) is 21.1. The van der Waals surface area contributed by atoms with E-state index in [9.17, 15) is 4.79 Å². The SMILES string of the molecule is CCNC(=NCC(=O)NC(C)(C)C)N1CCN(c2cccc(C)c2C)CC1. The fourth-order valence-electron chi connectivity index (χ4n) is 3.27. The van der Waals surface area contributed by atoms with Crippen LogP contribution < -0.4 is 15.5 Å². The summed E-state index contributed by atoms with van der Waals surface area (Å²) in [6.45, 7) is 17.0. The van der Waals surface area contributed by atoms with Crippen molar-refractivity contribution in [3.05, 3.63) is 29.3 Å². The van der Waals surface area contributed by atoms with E-state index in [0.29, 0.717) is 0 Å². The first-order valence-corrected chi connectivity index (χ1v) is 9.86. The van der Waals surface area contributed by atoms with Gasteiger partial charge in [-0.1, -0.05) is 12.1 Å². The molecule has 2 rings (SSSR count). The van der Waals surface area contributed by atoms with Gasteiger partial charge in [-0.2, -0.15) is 0 Å². The average molecular weight is 374 g/mol. The number of anilines is 1.